The summed E-state index contributed by atoms with van der Waals surface area (Å²) in [7, 11) is 0. The van der Waals surface area contributed by atoms with Crippen molar-refractivity contribution in [3.05, 3.63) is 72.7 Å². The second-order valence-electron chi connectivity index (χ2n) is 8.44. The maximum atomic E-state index is 14.7. The van der Waals surface area contributed by atoms with Gasteiger partial charge in [-0.15, -0.1) is 0 Å². The maximum Gasteiger partial charge on any atom is 0.285 e. The third-order valence-corrected chi connectivity index (χ3v) is 7.04. The lowest BCUT2D eigenvalue weighted by Crippen LogP contribution is -2.33. The van der Waals surface area contributed by atoms with Gasteiger partial charge in [0.1, 0.15) is 6.26 Å². The molecule has 1 aliphatic heterocycles. The van der Waals surface area contributed by atoms with E-state index in [9.17, 15) is 13.3 Å². The zero-order chi connectivity index (χ0) is 25.0. The Hall–Kier alpha value is -2.81. The first kappa shape index (κ1) is 25.3. The molecule has 2 aromatic carbocycles. The molecule has 1 N–H and O–H groups in total. The third kappa shape index (κ3) is 5.55. The van der Waals surface area contributed by atoms with Crippen molar-refractivity contribution in [2.45, 2.75) is 37.5 Å². The SMILES string of the molecule is CC.C[S+](O)c1cccc(-c2cnn3cc(-c4ccc(C(F)(F)CN5CCCC5)cc4)cnc23)c1. The van der Waals surface area contributed by atoms with Crippen LogP contribution in [0.5, 0.6) is 0 Å². The molecule has 0 amide bonds. The molecule has 1 saturated heterocycles. The van der Waals surface area contributed by atoms with Gasteiger partial charge in [0.2, 0.25) is 0 Å². The van der Waals surface area contributed by atoms with Crippen LogP contribution in [0.4, 0.5) is 8.78 Å². The number of aromatic nitrogens is 3. The Kier molecular flexibility index (Phi) is 7.84. The summed E-state index contributed by atoms with van der Waals surface area (Å²) in [6.45, 7) is 5.26. The van der Waals surface area contributed by atoms with Gasteiger partial charge in [-0.05, 0) is 43.1 Å². The van der Waals surface area contributed by atoms with E-state index in [1.54, 1.807) is 35.3 Å². The van der Waals surface area contributed by atoms with Gasteiger partial charge in [-0.3, -0.25) is 4.90 Å². The van der Waals surface area contributed by atoms with Crippen LogP contribution in [0.3, 0.4) is 0 Å². The van der Waals surface area contributed by atoms with Crippen LogP contribution in [0.15, 0.2) is 72.0 Å². The first-order valence-electron chi connectivity index (χ1n) is 11.9. The zero-order valence-corrected chi connectivity index (χ0v) is 21.1. The number of benzene rings is 2. The lowest BCUT2D eigenvalue weighted by molar-refractivity contribution is -0.0327. The van der Waals surface area contributed by atoms with Crippen LogP contribution in [0.25, 0.3) is 27.9 Å². The molecule has 1 aliphatic rings. The molecule has 0 radical (unpaired) electrons. The van der Waals surface area contributed by atoms with Gasteiger partial charge < -0.3 is 0 Å². The van der Waals surface area contributed by atoms with Gasteiger partial charge in [0, 0.05) is 35.2 Å². The third-order valence-electron chi connectivity index (χ3n) is 6.10. The molecule has 2 aromatic heterocycles. The van der Waals surface area contributed by atoms with Gasteiger partial charge in [0.15, 0.2) is 21.7 Å². The first-order chi connectivity index (χ1) is 16.9. The molecule has 5 nitrogen and oxygen atoms in total. The summed E-state index contributed by atoms with van der Waals surface area (Å²) in [5.74, 6) is -2.87. The number of likely N-dealkylation sites (tertiary alicyclic amines) is 1. The number of rotatable bonds is 6. The molecule has 184 valence electrons. The van der Waals surface area contributed by atoms with Crippen LogP contribution in [0.1, 0.15) is 32.3 Å². The van der Waals surface area contributed by atoms with E-state index in [0.29, 0.717) is 5.65 Å². The Morgan fingerprint density at radius 2 is 1.69 bits per heavy atom. The second-order valence-corrected chi connectivity index (χ2v) is 9.87. The predicted octanol–water partition coefficient (Wildman–Crippen LogP) is 6.36. The number of halogens is 2. The van der Waals surface area contributed by atoms with E-state index >= 15 is 0 Å². The highest BCUT2D eigenvalue weighted by molar-refractivity contribution is 7.90. The average Bonchev–Trinajstić information content (AvgIpc) is 3.54. The van der Waals surface area contributed by atoms with Crippen LogP contribution in [0, 0.1) is 0 Å². The molecule has 3 heterocycles. The van der Waals surface area contributed by atoms with E-state index < -0.39 is 17.1 Å². The number of hydrogen-bond acceptors (Lipinski definition) is 4. The second kappa shape index (κ2) is 10.8. The van der Waals surface area contributed by atoms with Crippen molar-refractivity contribution in [3.63, 3.8) is 0 Å². The number of nitrogens with zero attached hydrogens (tertiary/aromatic N) is 4. The van der Waals surface area contributed by atoms with Gasteiger partial charge in [-0.2, -0.15) is 18.4 Å². The fourth-order valence-electron chi connectivity index (χ4n) is 4.29. The molecule has 1 unspecified atom stereocenters. The molecule has 4 aromatic rings. The summed E-state index contributed by atoms with van der Waals surface area (Å²) in [6, 6.07) is 14.1. The summed E-state index contributed by atoms with van der Waals surface area (Å²) < 4.78 is 41.0. The monoisotopic (exact) mass is 497 g/mol. The van der Waals surface area contributed by atoms with E-state index in [1.165, 1.54) is 12.1 Å². The maximum absolute atomic E-state index is 14.7. The average molecular weight is 498 g/mol. The van der Waals surface area contributed by atoms with Gasteiger partial charge in [-0.1, -0.05) is 50.2 Å². The highest BCUT2D eigenvalue weighted by Crippen LogP contribution is 2.32. The number of alkyl halides is 2. The van der Waals surface area contributed by atoms with Crippen molar-refractivity contribution in [1.29, 1.82) is 0 Å². The Bertz CT molecular complexity index is 1270. The minimum Gasteiger partial charge on any atom is -0.297 e. The highest BCUT2D eigenvalue weighted by atomic mass is 32.2. The van der Waals surface area contributed by atoms with Crippen molar-refractivity contribution in [2.24, 2.45) is 0 Å². The van der Waals surface area contributed by atoms with Crippen molar-refractivity contribution >= 4 is 16.8 Å². The van der Waals surface area contributed by atoms with E-state index in [4.69, 9.17) is 0 Å². The topological polar surface area (TPSA) is 53.7 Å². The minimum absolute atomic E-state index is 0.0345. The van der Waals surface area contributed by atoms with Crippen molar-refractivity contribution < 1.29 is 13.3 Å². The molecule has 0 spiro atoms. The quantitative estimate of drug-likeness (QED) is 0.315. The minimum atomic E-state index is -2.87. The molecule has 8 heteroatoms. The van der Waals surface area contributed by atoms with Gasteiger partial charge in [0.25, 0.3) is 5.92 Å². The fourth-order valence-corrected chi connectivity index (χ4v) is 4.87. The van der Waals surface area contributed by atoms with E-state index in [1.807, 2.05) is 49.2 Å². The largest absolute Gasteiger partial charge is 0.297 e. The molecule has 0 saturated carbocycles. The standard InChI is InChI=1S/C25H25F2N4OS.C2H6/c1-33(32)22-6-4-5-19(13-22)23-15-29-31-16-20(14-28-24(23)31)18-7-9-21(10-8-18)25(26,27)17-30-11-2-3-12-30;1-2/h4-10,13-16,32H,2-3,11-12,17H2,1H3;1-2H3/q+1;. The molecular formula is C27H31F2N4OS+. The van der Waals surface area contributed by atoms with Crippen molar-refractivity contribution in [3.8, 4) is 22.3 Å². The summed E-state index contributed by atoms with van der Waals surface area (Å²) in [4.78, 5) is 7.28. The zero-order valence-electron chi connectivity index (χ0n) is 20.3. The number of hydrogen-bond donors (Lipinski definition) is 1. The highest BCUT2D eigenvalue weighted by Gasteiger charge is 2.34. The lowest BCUT2D eigenvalue weighted by atomic mass is 10.0. The summed E-state index contributed by atoms with van der Waals surface area (Å²) in [5, 5.41) is 4.44. The van der Waals surface area contributed by atoms with Crippen LogP contribution >= 0.6 is 0 Å². The molecule has 5 rings (SSSR count). The normalized spacial score (nSPS) is 15.1. The first-order valence-corrected chi connectivity index (χ1v) is 13.5. The van der Waals surface area contributed by atoms with Crippen LogP contribution in [-0.2, 0) is 17.1 Å². The van der Waals surface area contributed by atoms with E-state index in [-0.39, 0.29) is 12.1 Å². The van der Waals surface area contributed by atoms with Crippen LogP contribution in [0.2, 0.25) is 0 Å². The van der Waals surface area contributed by atoms with Gasteiger partial charge >= 0.3 is 0 Å². The Morgan fingerprint density at radius 3 is 2.37 bits per heavy atom. The summed E-state index contributed by atoms with van der Waals surface area (Å²) in [6.07, 6.45) is 9.07. The molecule has 1 atom stereocenters. The Labute approximate surface area is 208 Å². The number of fused-ring (bicyclic) bond motifs is 1. The molecule has 0 bridgehead atoms. The predicted molar refractivity (Wildman–Crippen MR) is 139 cm³/mol. The van der Waals surface area contributed by atoms with Crippen LogP contribution < -0.4 is 0 Å². The van der Waals surface area contributed by atoms with Crippen molar-refractivity contribution in [2.75, 3.05) is 25.9 Å². The molecular weight excluding hydrogens is 466 g/mol. The molecule has 35 heavy (non-hydrogen) atoms. The van der Waals surface area contributed by atoms with Crippen LogP contribution in [-0.4, -0.2) is 49.9 Å². The Balaban J connectivity index is 0.00000141. The summed E-state index contributed by atoms with van der Waals surface area (Å²) >= 11 is -0.827. The summed E-state index contributed by atoms with van der Waals surface area (Å²) in [5.41, 5.74) is 4.13. The van der Waals surface area contributed by atoms with E-state index in [2.05, 4.69) is 10.1 Å². The lowest BCUT2D eigenvalue weighted by Gasteiger charge is -2.23. The van der Waals surface area contributed by atoms with Gasteiger partial charge in [0.05, 0.1) is 12.7 Å². The Morgan fingerprint density at radius 1 is 0.971 bits per heavy atom. The fraction of sp³-hybridized carbons (Fsp3) is 0.333. The van der Waals surface area contributed by atoms with Crippen molar-refractivity contribution in [1.82, 2.24) is 19.5 Å². The smallest absolute Gasteiger partial charge is 0.285 e. The molecule has 1 fully saturated rings. The van der Waals surface area contributed by atoms with E-state index in [0.717, 1.165) is 53.1 Å². The van der Waals surface area contributed by atoms with Gasteiger partial charge in [-0.25, -0.2) is 9.50 Å². The molecule has 0 aliphatic carbocycles.